The van der Waals surface area contributed by atoms with Crippen LogP contribution in [0.1, 0.15) is 0 Å². The van der Waals surface area contributed by atoms with Gasteiger partial charge in [0.25, 0.3) is 0 Å². The summed E-state index contributed by atoms with van der Waals surface area (Å²) < 4.78 is 95.9. The number of carbonyl (C=O) groups is 2. The van der Waals surface area contributed by atoms with E-state index < -0.39 is 35.7 Å². The van der Waals surface area contributed by atoms with Gasteiger partial charge in [0.2, 0.25) is 0 Å². The van der Waals surface area contributed by atoms with Gasteiger partial charge in [0.1, 0.15) is 11.5 Å². The molecule has 0 N–H and O–H groups in total. The van der Waals surface area contributed by atoms with Crippen LogP contribution in [0.2, 0.25) is 0 Å². The van der Waals surface area contributed by atoms with Gasteiger partial charge in [-0.05, 0) is 12.1 Å². The molecule has 24 heavy (non-hydrogen) atoms. The maximum atomic E-state index is 13.1. The Labute approximate surface area is 129 Å². The van der Waals surface area contributed by atoms with Gasteiger partial charge in [-0.2, -0.15) is 30.7 Å². The molecule has 0 fully saturated rings. The number of hydrogen-bond donors (Lipinski definition) is 0. The van der Waals surface area contributed by atoms with E-state index in [0.717, 1.165) is 24.3 Å². The Morgan fingerprint density at radius 2 is 1.46 bits per heavy atom. The van der Waals surface area contributed by atoms with E-state index in [1.807, 2.05) is 0 Å². The van der Waals surface area contributed by atoms with Crippen LogP contribution in [0, 0.1) is 0 Å². The third kappa shape index (κ3) is 3.84. The highest BCUT2D eigenvalue weighted by molar-refractivity contribution is 5.84. The molecule has 0 aliphatic rings. The smallest absolute Gasteiger partial charge is 0.423 e. The highest BCUT2D eigenvalue weighted by atomic mass is 19.4. The molecular weight excluding hydrogens is 353 g/mol. The molecule has 0 saturated carbocycles. The minimum Gasteiger partial charge on any atom is -0.423 e. The molecule has 0 atom stereocenters. The summed E-state index contributed by atoms with van der Waals surface area (Å²) >= 11 is 0. The van der Waals surface area contributed by atoms with Crippen molar-refractivity contribution >= 4 is 11.9 Å². The lowest BCUT2D eigenvalue weighted by Gasteiger charge is -2.26. The van der Waals surface area contributed by atoms with Gasteiger partial charge >= 0.3 is 30.0 Å². The molecule has 0 amide bonds. The first kappa shape index (κ1) is 19.5. The van der Waals surface area contributed by atoms with Crippen molar-refractivity contribution in [3.05, 3.63) is 36.9 Å². The molecule has 0 heterocycles. The Morgan fingerprint density at radius 1 is 0.958 bits per heavy atom. The van der Waals surface area contributed by atoms with E-state index in [9.17, 15) is 40.3 Å². The molecule has 11 heteroatoms. The summed E-state index contributed by atoms with van der Waals surface area (Å²) in [7, 11) is 0. The molecule has 0 aliphatic carbocycles. The summed E-state index contributed by atoms with van der Waals surface area (Å²) in [6.45, 7) is 3.06. The molecule has 1 aromatic carbocycles. The number of hydrogen-bond acceptors (Lipinski definition) is 4. The van der Waals surface area contributed by atoms with E-state index >= 15 is 0 Å². The third-order valence-electron chi connectivity index (χ3n) is 2.41. The lowest BCUT2D eigenvalue weighted by Crippen LogP contribution is -2.57. The van der Waals surface area contributed by atoms with Crippen LogP contribution in [-0.2, 0) is 9.59 Å². The van der Waals surface area contributed by atoms with E-state index in [1.165, 1.54) is 0 Å². The topological polar surface area (TPSA) is 52.6 Å². The van der Waals surface area contributed by atoms with Crippen molar-refractivity contribution < 1.29 is 49.8 Å². The highest BCUT2D eigenvalue weighted by Crippen LogP contribution is 2.47. The van der Waals surface area contributed by atoms with Gasteiger partial charge in [0.15, 0.2) is 0 Å². The molecule has 4 nitrogen and oxygen atoms in total. The average molecular weight is 360 g/mol. The van der Waals surface area contributed by atoms with E-state index in [4.69, 9.17) is 0 Å². The maximum Gasteiger partial charge on any atom is 0.460 e. The Balaban J connectivity index is 3.01. The number of carbonyl (C=O) groups excluding carboxylic acids is 2. The van der Waals surface area contributed by atoms with Crippen LogP contribution < -0.4 is 9.47 Å². The van der Waals surface area contributed by atoms with E-state index in [1.54, 1.807) is 0 Å². The van der Waals surface area contributed by atoms with Crippen LogP contribution in [0.3, 0.4) is 0 Å². The van der Waals surface area contributed by atoms with E-state index in [-0.39, 0.29) is 5.75 Å². The Kier molecular flexibility index (Phi) is 5.26. The Hall–Kier alpha value is -2.59. The quantitative estimate of drug-likeness (QED) is 0.349. The van der Waals surface area contributed by atoms with Crippen molar-refractivity contribution in [2.75, 3.05) is 0 Å². The van der Waals surface area contributed by atoms with Crippen LogP contribution >= 0.6 is 0 Å². The number of alkyl halides is 7. The fourth-order valence-electron chi connectivity index (χ4n) is 1.24. The summed E-state index contributed by atoms with van der Waals surface area (Å²) in [6, 6.07) is 3.56. The minimum absolute atomic E-state index is 0.351. The Morgan fingerprint density at radius 3 is 1.92 bits per heavy atom. The second-order valence-electron chi connectivity index (χ2n) is 4.14. The second-order valence-corrected chi connectivity index (χ2v) is 4.14. The molecule has 1 aromatic rings. The first-order valence-electron chi connectivity index (χ1n) is 5.82. The van der Waals surface area contributed by atoms with Gasteiger partial charge in [0.05, 0.1) is 0 Å². The molecule has 0 spiro atoms. The van der Waals surface area contributed by atoms with Gasteiger partial charge in [0, 0.05) is 12.1 Å². The van der Waals surface area contributed by atoms with Crippen LogP contribution in [0.4, 0.5) is 30.7 Å². The summed E-state index contributed by atoms with van der Waals surface area (Å²) in [5.41, 5.74) is 0. The monoisotopic (exact) mass is 360 g/mol. The molecule has 1 rings (SSSR count). The number of ether oxygens (including phenoxy) is 2. The molecule has 0 unspecified atom stereocenters. The Bertz CT molecular complexity index is 652. The molecule has 0 aromatic heterocycles. The lowest BCUT2D eigenvalue weighted by molar-refractivity contribution is -0.346. The van der Waals surface area contributed by atoms with Gasteiger partial charge in [-0.1, -0.05) is 12.6 Å². The third-order valence-corrected chi connectivity index (χ3v) is 2.41. The molecule has 132 valence electrons. The predicted molar refractivity (Wildman–Crippen MR) is 63.9 cm³/mol. The van der Waals surface area contributed by atoms with Crippen LogP contribution in [-0.4, -0.2) is 30.0 Å². The van der Waals surface area contributed by atoms with E-state index in [2.05, 4.69) is 16.1 Å². The average Bonchev–Trinajstić information content (AvgIpc) is 2.45. The maximum absolute atomic E-state index is 13.1. The molecule has 0 radical (unpaired) electrons. The van der Waals surface area contributed by atoms with Gasteiger partial charge < -0.3 is 9.47 Å². The standard InChI is InChI=1S/C13H7F7O4/c1-2-9(21)23-7-4-3-5-8(6-7)24-10(22)11(14,15)12(16,17)13(18,19)20/h2-6H,1H2. The van der Waals surface area contributed by atoms with Crippen molar-refractivity contribution in [2.24, 2.45) is 0 Å². The number of esters is 2. The van der Waals surface area contributed by atoms with Crippen molar-refractivity contribution in [3.8, 4) is 11.5 Å². The van der Waals surface area contributed by atoms with Gasteiger partial charge in [-0.25, -0.2) is 9.59 Å². The zero-order chi connectivity index (χ0) is 18.8. The first-order valence-corrected chi connectivity index (χ1v) is 5.82. The van der Waals surface area contributed by atoms with Crippen LogP contribution in [0.5, 0.6) is 11.5 Å². The second kappa shape index (κ2) is 6.49. The largest absolute Gasteiger partial charge is 0.460 e. The van der Waals surface area contributed by atoms with Gasteiger partial charge in [-0.3, -0.25) is 0 Å². The van der Waals surface area contributed by atoms with E-state index in [0.29, 0.717) is 6.07 Å². The summed E-state index contributed by atoms with van der Waals surface area (Å²) in [6.07, 6.45) is -5.94. The summed E-state index contributed by atoms with van der Waals surface area (Å²) in [5.74, 6) is -18.1. The van der Waals surface area contributed by atoms with Crippen molar-refractivity contribution in [2.45, 2.75) is 18.0 Å². The normalized spacial score (nSPS) is 12.5. The highest BCUT2D eigenvalue weighted by Gasteiger charge is 2.77. The fourth-order valence-corrected chi connectivity index (χ4v) is 1.24. The number of rotatable bonds is 5. The summed E-state index contributed by atoms with van der Waals surface area (Å²) in [4.78, 5) is 22.0. The number of halogens is 7. The minimum atomic E-state index is -6.67. The van der Waals surface area contributed by atoms with Crippen molar-refractivity contribution in [3.63, 3.8) is 0 Å². The van der Waals surface area contributed by atoms with Crippen LogP contribution in [0.15, 0.2) is 36.9 Å². The fraction of sp³-hybridized carbons (Fsp3) is 0.231. The molecule has 0 bridgehead atoms. The van der Waals surface area contributed by atoms with Crippen molar-refractivity contribution in [1.82, 2.24) is 0 Å². The van der Waals surface area contributed by atoms with Crippen molar-refractivity contribution in [1.29, 1.82) is 0 Å². The SMILES string of the molecule is C=CC(=O)Oc1cccc(OC(=O)C(F)(F)C(F)(F)C(F)(F)F)c1. The predicted octanol–water partition coefficient (Wildman–Crippen LogP) is 3.52. The zero-order valence-corrected chi connectivity index (χ0v) is 11.4. The molecule has 0 aliphatic heterocycles. The molecule has 0 saturated heterocycles. The van der Waals surface area contributed by atoms with Crippen LogP contribution in [0.25, 0.3) is 0 Å². The first-order chi connectivity index (χ1) is 10.8. The molecular formula is C13H7F7O4. The lowest BCUT2D eigenvalue weighted by atomic mass is 10.1. The summed E-state index contributed by atoms with van der Waals surface area (Å²) in [5, 5.41) is 0. The number of benzene rings is 1. The zero-order valence-electron chi connectivity index (χ0n) is 11.4. The van der Waals surface area contributed by atoms with Gasteiger partial charge in [-0.15, -0.1) is 0 Å².